The van der Waals surface area contributed by atoms with Gasteiger partial charge in [0, 0.05) is 24.8 Å². The van der Waals surface area contributed by atoms with Crippen LogP contribution in [0.3, 0.4) is 0 Å². The number of hydrogen-bond donors (Lipinski definition) is 0. The molecule has 1 heterocycles. The molecule has 0 radical (unpaired) electrons. The smallest absolute Gasteiger partial charge is 0.347 e. The van der Waals surface area contributed by atoms with Crippen LogP contribution in [0.1, 0.15) is 91.9 Å². The monoisotopic (exact) mass is 328 g/mol. The van der Waals surface area contributed by atoms with E-state index >= 15 is 0 Å². The molecule has 0 spiro atoms. The molecule has 2 unspecified atom stereocenters. The van der Waals surface area contributed by atoms with Crippen molar-refractivity contribution in [3.8, 4) is 0 Å². The Labute approximate surface area is 140 Å². The molecule has 1 aliphatic heterocycles. The van der Waals surface area contributed by atoms with Gasteiger partial charge in [0.15, 0.2) is 0 Å². The van der Waals surface area contributed by atoms with Crippen LogP contribution in [0.4, 0.5) is 0 Å². The lowest BCUT2D eigenvalue weighted by molar-refractivity contribution is 0.109. The second-order valence-electron chi connectivity index (χ2n) is 7.23. The van der Waals surface area contributed by atoms with Crippen LogP contribution in [0.5, 0.6) is 0 Å². The van der Waals surface area contributed by atoms with Crippen LogP contribution in [-0.4, -0.2) is 22.8 Å². The highest BCUT2D eigenvalue weighted by molar-refractivity contribution is 6.72. The van der Waals surface area contributed by atoms with Gasteiger partial charge in [-0.1, -0.05) is 66.2 Å². The number of hydrogen-bond acceptors (Lipinski definition) is 2. The van der Waals surface area contributed by atoms with Gasteiger partial charge in [0.25, 0.3) is 0 Å². The van der Waals surface area contributed by atoms with Crippen LogP contribution in [0, 0.1) is 5.92 Å². The van der Waals surface area contributed by atoms with Gasteiger partial charge >= 0.3 is 8.56 Å². The summed E-state index contributed by atoms with van der Waals surface area (Å²) in [6.07, 6.45) is 13.0. The molecule has 1 rings (SSSR count). The zero-order valence-electron chi connectivity index (χ0n) is 16.0. The van der Waals surface area contributed by atoms with Crippen LogP contribution in [0.25, 0.3) is 0 Å². The first-order chi connectivity index (χ1) is 10.6. The number of unbranched alkanes of at least 4 members (excludes halogenated alkanes) is 2. The maximum absolute atomic E-state index is 6.39. The van der Waals surface area contributed by atoms with Gasteiger partial charge in [-0.15, -0.1) is 0 Å². The van der Waals surface area contributed by atoms with E-state index in [1.54, 1.807) is 0 Å². The van der Waals surface area contributed by atoms with Crippen molar-refractivity contribution in [1.29, 1.82) is 0 Å². The fraction of sp³-hybridized carbons (Fsp3) is 1.00. The van der Waals surface area contributed by atoms with Gasteiger partial charge in [0.2, 0.25) is 0 Å². The summed E-state index contributed by atoms with van der Waals surface area (Å²) < 4.78 is 12.8. The normalized spacial score (nSPS) is 27.0. The predicted octanol–water partition coefficient (Wildman–Crippen LogP) is 6.44. The molecule has 0 aromatic rings. The van der Waals surface area contributed by atoms with Crippen LogP contribution in [-0.2, 0) is 8.85 Å². The molecular formula is C19H40O2Si. The Balaban J connectivity index is 3.32. The summed E-state index contributed by atoms with van der Waals surface area (Å²) in [5, 5.41) is 0.330. The summed E-state index contributed by atoms with van der Waals surface area (Å²) in [6, 6.07) is 0. The van der Waals surface area contributed by atoms with E-state index in [9.17, 15) is 0 Å². The minimum atomic E-state index is -2.20. The molecule has 2 nitrogen and oxygen atoms in total. The molecule has 0 N–H and O–H groups in total. The highest BCUT2D eigenvalue weighted by Gasteiger charge is 2.64. The van der Waals surface area contributed by atoms with Crippen molar-refractivity contribution in [3.63, 3.8) is 0 Å². The fourth-order valence-electron chi connectivity index (χ4n) is 5.32. The average molecular weight is 329 g/mol. The molecular weight excluding hydrogens is 288 g/mol. The molecule has 2 atom stereocenters. The first-order valence-corrected chi connectivity index (χ1v) is 11.6. The van der Waals surface area contributed by atoms with Crippen molar-refractivity contribution in [2.75, 3.05) is 14.2 Å². The predicted molar refractivity (Wildman–Crippen MR) is 98.6 cm³/mol. The Morgan fingerprint density at radius 1 is 0.864 bits per heavy atom. The minimum absolute atomic E-state index is 0.330. The Kier molecular flexibility index (Phi) is 8.66. The van der Waals surface area contributed by atoms with Gasteiger partial charge in [0.1, 0.15) is 0 Å². The highest BCUT2D eigenvalue weighted by atomic mass is 28.4. The van der Waals surface area contributed by atoms with Gasteiger partial charge in [-0.3, -0.25) is 0 Å². The Bertz CT molecular complexity index is 294. The summed E-state index contributed by atoms with van der Waals surface area (Å²) in [5.74, 6) is 0.792. The van der Waals surface area contributed by atoms with Gasteiger partial charge in [0.05, 0.1) is 0 Å². The van der Waals surface area contributed by atoms with Crippen molar-refractivity contribution in [3.05, 3.63) is 0 Å². The van der Waals surface area contributed by atoms with E-state index in [4.69, 9.17) is 8.85 Å². The molecule has 0 saturated carbocycles. The van der Waals surface area contributed by atoms with E-state index in [1.165, 1.54) is 64.2 Å². The van der Waals surface area contributed by atoms with Crippen molar-refractivity contribution < 1.29 is 8.85 Å². The van der Waals surface area contributed by atoms with Crippen molar-refractivity contribution >= 4 is 8.56 Å². The first-order valence-electron chi connectivity index (χ1n) is 9.72. The van der Waals surface area contributed by atoms with Crippen molar-refractivity contribution in [2.45, 2.75) is 102 Å². The first kappa shape index (κ1) is 20.2. The summed E-state index contributed by atoms with van der Waals surface area (Å²) >= 11 is 0. The van der Waals surface area contributed by atoms with Crippen LogP contribution >= 0.6 is 0 Å². The molecule has 0 aromatic carbocycles. The third-order valence-corrected chi connectivity index (χ3v) is 11.7. The molecule has 3 heteroatoms. The third kappa shape index (κ3) is 3.46. The van der Waals surface area contributed by atoms with E-state index in [0.29, 0.717) is 10.6 Å². The van der Waals surface area contributed by atoms with Crippen LogP contribution in [0.2, 0.25) is 10.6 Å². The third-order valence-electron chi connectivity index (χ3n) is 6.42. The molecule has 1 aliphatic rings. The van der Waals surface area contributed by atoms with Gasteiger partial charge in [-0.25, -0.2) is 0 Å². The fourth-order valence-corrected chi connectivity index (χ4v) is 10.8. The average Bonchev–Trinajstić information content (AvgIpc) is 2.57. The number of rotatable bonds is 10. The maximum Gasteiger partial charge on any atom is 0.347 e. The Hall–Kier alpha value is 0.137. The molecule has 1 fully saturated rings. The molecule has 22 heavy (non-hydrogen) atoms. The van der Waals surface area contributed by atoms with Crippen molar-refractivity contribution in [2.24, 2.45) is 5.92 Å². The molecule has 0 aliphatic carbocycles. The van der Waals surface area contributed by atoms with E-state index in [1.807, 2.05) is 14.2 Å². The van der Waals surface area contributed by atoms with Crippen molar-refractivity contribution in [1.82, 2.24) is 0 Å². The van der Waals surface area contributed by atoms with Gasteiger partial charge < -0.3 is 8.85 Å². The Morgan fingerprint density at radius 2 is 1.41 bits per heavy atom. The van der Waals surface area contributed by atoms with E-state index in [0.717, 1.165) is 5.92 Å². The highest BCUT2D eigenvalue weighted by Crippen LogP contribution is 2.64. The SMILES string of the molecule is CCCCC1(CCCC)C(CC)CCC(CC)[Si]1(OC)OC. The zero-order valence-corrected chi connectivity index (χ0v) is 17.0. The minimum Gasteiger partial charge on any atom is -0.397 e. The lowest BCUT2D eigenvalue weighted by atomic mass is 9.77. The van der Waals surface area contributed by atoms with Gasteiger partial charge in [-0.2, -0.15) is 0 Å². The van der Waals surface area contributed by atoms with E-state index in [2.05, 4.69) is 27.7 Å². The zero-order chi connectivity index (χ0) is 16.6. The quantitative estimate of drug-likeness (QED) is 0.429. The maximum atomic E-state index is 6.39. The topological polar surface area (TPSA) is 18.5 Å². The Morgan fingerprint density at radius 3 is 1.77 bits per heavy atom. The molecule has 0 amide bonds. The molecule has 132 valence electrons. The van der Waals surface area contributed by atoms with Crippen LogP contribution < -0.4 is 0 Å². The largest absolute Gasteiger partial charge is 0.397 e. The lowest BCUT2D eigenvalue weighted by Gasteiger charge is -2.57. The standard InChI is InChI=1S/C19H40O2Si/c1-7-11-15-19(16-12-8-2)17(9-3)13-14-18(10-4)22(19,20-5)21-6/h17-18H,7-16H2,1-6H3. The molecule has 1 saturated heterocycles. The van der Waals surface area contributed by atoms with E-state index in [-0.39, 0.29) is 0 Å². The summed E-state index contributed by atoms with van der Waals surface area (Å²) in [5.41, 5.74) is 0.666. The van der Waals surface area contributed by atoms with Crippen LogP contribution in [0.15, 0.2) is 0 Å². The summed E-state index contributed by atoms with van der Waals surface area (Å²) in [7, 11) is 1.70. The lowest BCUT2D eigenvalue weighted by Crippen LogP contribution is -2.61. The molecule has 0 aromatic heterocycles. The van der Waals surface area contributed by atoms with E-state index < -0.39 is 8.56 Å². The second kappa shape index (κ2) is 9.44. The van der Waals surface area contributed by atoms with Gasteiger partial charge in [-0.05, 0) is 31.6 Å². The summed E-state index contributed by atoms with van der Waals surface area (Å²) in [6.45, 7) is 9.35. The second-order valence-corrected chi connectivity index (χ2v) is 11.2. The summed E-state index contributed by atoms with van der Waals surface area (Å²) in [4.78, 5) is 0. The molecule has 0 bridgehead atoms.